The number of anilines is 3. The summed E-state index contributed by atoms with van der Waals surface area (Å²) in [5, 5.41) is 3.43. The lowest BCUT2D eigenvalue weighted by molar-refractivity contribution is -0.128. The van der Waals surface area contributed by atoms with Crippen molar-refractivity contribution in [3.05, 3.63) is 79.0 Å². The Morgan fingerprint density at radius 1 is 1.13 bits per heavy atom. The van der Waals surface area contributed by atoms with Gasteiger partial charge in [0.1, 0.15) is 35.6 Å². The predicted molar refractivity (Wildman–Crippen MR) is 173 cm³/mol. The highest BCUT2D eigenvalue weighted by Gasteiger charge is 2.33. The quantitative estimate of drug-likeness (QED) is 0.267. The second kappa shape index (κ2) is 12.0. The summed E-state index contributed by atoms with van der Waals surface area (Å²) in [5.74, 6) is 3.49. The number of nitrogens with one attached hydrogen (secondary N) is 1. The number of likely N-dealkylation sites (N-methyl/N-ethyl adjacent to an activating group) is 1. The Hall–Kier alpha value is -5.23. The van der Waals surface area contributed by atoms with Gasteiger partial charge in [-0.3, -0.25) is 4.79 Å². The molecule has 4 aromatic heterocycles. The summed E-state index contributed by atoms with van der Waals surface area (Å²) in [6.07, 6.45) is 11.5. The van der Waals surface area contributed by atoms with Crippen LogP contribution in [0.4, 0.5) is 17.3 Å². The minimum atomic E-state index is -0.0877. The van der Waals surface area contributed by atoms with Crippen LogP contribution in [0.5, 0.6) is 17.2 Å². The summed E-state index contributed by atoms with van der Waals surface area (Å²) >= 11 is 0. The van der Waals surface area contributed by atoms with Gasteiger partial charge < -0.3 is 33.9 Å². The maximum atomic E-state index is 13.1. The number of pyridine rings is 2. The molecule has 0 spiro atoms. The maximum Gasteiger partial charge on any atom is 0.246 e. The molecule has 1 saturated heterocycles. The molecule has 2 aliphatic heterocycles. The van der Waals surface area contributed by atoms with Gasteiger partial charge in [0.15, 0.2) is 17.4 Å². The first-order valence-corrected chi connectivity index (χ1v) is 15.0. The van der Waals surface area contributed by atoms with Crippen LogP contribution in [0.1, 0.15) is 12.0 Å². The summed E-state index contributed by atoms with van der Waals surface area (Å²) in [5.41, 5.74) is 3.95. The molecule has 2 bridgehead atoms. The number of rotatable bonds is 7. The minimum Gasteiger partial charge on any atom is -0.487 e. The lowest BCUT2D eigenvalue weighted by atomic mass is 10.2. The minimum absolute atomic E-state index is 0.0135. The summed E-state index contributed by atoms with van der Waals surface area (Å²) in [4.78, 5) is 37.7. The number of imidazole rings is 1. The number of nitrogens with zero attached hydrogens (tertiary/aromatic N) is 8. The number of hydrogen-bond donors (Lipinski definition) is 1. The molecule has 12 nitrogen and oxygen atoms in total. The van der Waals surface area contributed by atoms with Gasteiger partial charge in [0.25, 0.3) is 0 Å². The fourth-order valence-electron chi connectivity index (χ4n) is 5.77. The molecule has 6 heterocycles. The molecule has 0 radical (unpaired) electrons. The number of benzene rings is 1. The van der Waals surface area contributed by atoms with Crippen molar-refractivity contribution in [1.29, 1.82) is 0 Å². The average molecular weight is 606 g/mol. The third-order valence-electron chi connectivity index (χ3n) is 8.04. The van der Waals surface area contributed by atoms with E-state index >= 15 is 0 Å². The molecular weight excluding hydrogens is 570 g/mol. The number of amides is 1. The van der Waals surface area contributed by atoms with Gasteiger partial charge in [0.2, 0.25) is 5.91 Å². The Morgan fingerprint density at radius 2 is 2.04 bits per heavy atom. The van der Waals surface area contributed by atoms with Gasteiger partial charge in [-0.05, 0) is 57.3 Å². The summed E-state index contributed by atoms with van der Waals surface area (Å²) in [6.45, 7) is 5.19. The van der Waals surface area contributed by atoms with E-state index in [2.05, 4.69) is 25.2 Å². The van der Waals surface area contributed by atoms with E-state index in [4.69, 9.17) is 14.5 Å². The van der Waals surface area contributed by atoms with Gasteiger partial charge in [-0.15, -0.1) is 0 Å². The highest BCUT2D eigenvalue weighted by Crippen LogP contribution is 2.36. The van der Waals surface area contributed by atoms with Gasteiger partial charge >= 0.3 is 0 Å². The molecular formula is C33H35N9O3. The lowest BCUT2D eigenvalue weighted by Gasteiger charge is -2.28. The van der Waals surface area contributed by atoms with Crippen LogP contribution in [0.15, 0.2) is 73.5 Å². The largest absolute Gasteiger partial charge is 0.487 e. The van der Waals surface area contributed by atoms with E-state index in [0.717, 1.165) is 47.2 Å². The van der Waals surface area contributed by atoms with E-state index in [9.17, 15) is 4.79 Å². The van der Waals surface area contributed by atoms with Crippen LogP contribution in [0, 0.1) is 6.92 Å². The van der Waals surface area contributed by atoms with Crippen molar-refractivity contribution in [3.63, 3.8) is 0 Å². The Bertz CT molecular complexity index is 1900. The molecule has 0 aliphatic carbocycles. The Kier molecular flexibility index (Phi) is 7.64. The van der Waals surface area contributed by atoms with Gasteiger partial charge in [-0.25, -0.2) is 19.9 Å². The SMILES string of the molecule is Cc1cc(Nc2ncnc3cc4c(nc23)N2CCCN(C(=O)/C=C/CN(C)C)C(CO4)C2)ccc1Oc1ccn2ccnc2c1. The zero-order chi connectivity index (χ0) is 30.9. The van der Waals surface area contributed by atoms with Crippen LogP contribution >= 0.6 is 0 Å². The van der Waals surface area contributed by atoms with Crippen molar-refractivity contribution in [2.24, 2.45) is 0 Å². The number of fused-ring (bicyclic) bond motifs is 6. The van der Waals surface area contributed by atoms with E-state index < -0.39 is 0 Å². The standard InChI is InChI=1S/C33H35N9O3/c1-22-16-23(7-8-27(22)45-25-9-14-40-15-10-34-29(40)17-25)37-32-31-26(35-21-36-32)18-28-33(38-31)41-12-5-13-42(24(19-41)20-44-28)30(43)6-4-11-39(2)3/h4,6-10,14-18,21,24H,5,11-13,19-20H2,1-3H3,(H,35,36,37)/b6-4+. The molecule has 1 aromatic carbocycles. The van der Waals surface area contributed by atoms with Crippen LogP contribution in [-0.2, 0) is 4.79 Å². The lowest BCUT2D eigenvalue weighted by Crippen LogP contribution is -2.46. The summed E-state index contributed by atoms with van der Waals surface area (Å²) < 4.78 is 14.4. The second-order valence-electron chi connectivity index (χ2n) is 11.6. The molecule has 0 saturated carbocycles. The van der Waals surface area contributed by atoms with Crippen LogP contribution in [0.25, 0.3) is 16.7 Å². The number of hydrogen-bond acceptors (Lipinski definition) is 10. The first-order chi connectivity index (χ1) is 21.9. The van der Waals surface area contributed by atoms with Crippen LogP contribution in [-0.4, -0.2) is 93.0 Å². The normalized spacial score (nSPS) is 16.5. The maximum absolute atomic E-state index is 13.1. The first kappa shape index (κ1) is 28.5. The number of aryl methyl sites for hydroxylation is 1. The van der Waals surface area contributed by atoms with E-state index in [1.165, 1.54) is 6.33 Å². The molecule has 230 valence electrons. The van der Waals surface area contributed by atoms with Gasteiger partial charge in [-0.1, -0.05) is 6.08 Å². The Balaban J connectivity index is 1.12. The fraction of sp³-hybridized carbons (Fsp3) is 0.303. The molecule has 1 amide bonds. The molecule has 1 unspecified atom stereocenters. The number of carbonyl (C=O) groups is 1. The topological polar surface area (TPSA) is 113 Å². The number of carbonyl (C=O) groups excluding carboxylic acids is 1. The Labute approximate surface area is 260 Å². The van der Waals surface area contributed by atoms with Crippen molar-refractivity contribution in [3.8, 4) is 17.2 Å². The second-order valence-corrected chi connectivity index (χ2v) is 11.6. The van der Waals surface area contributed by atoms with Crippen molar-refractivity contribution < 1.29 is 14.3 Å². The zero-order valence-electron chi connectivity index (χ0n) is 25.6. The highest BCUT2D eigenvalue weighted by atomic mass is 16.5. The number of ether oxygens (including phenoxy) is 2. The number of aromatic nitrogens is 5. The smallest absolute Gasteiger partial charge is 0.246 e. The van der Waals surface area contributed by atoms with E-state index in [-0.39, 0.29) is 11.9 Å². The molecule has 2 aliphatic rings. The molecule has 1 N–H and O–H groups in total. The van der Waals surface area contributed by atoms with Crippen molar-refractivity contribution in [2.75, 3.05) is 57.1 Å². The summed E-state index contributed by atoms with van der Waals surface area (Å²) in [7, 11) is 3.96. The molecule has 45 heavy (non-hydrogen) atoms. The summed E-state index contributed by atoms with van der Waals surface area (Å²) in [6, 6.07) is 11.6. The van der Waals surface area contributed by atoms with Crippen LogP contribution in [0.2, 0.25) is 0 Å². The zero-order valence-corrected chi connectivity index (χ0v) is 25.6. The van der Waals surface area contributed by atoms with Gasteiger partial charge in [0.05, 0.1) is 11.6 Å². The first-order valence-electron chi connectivity index (χ1n) is 15.0. The van der Waals surface area contributed by atoms with Crippen LogP contribution in [0.3, 0.4) is 0 Å². The van der Waals surface area contributed by atoms with Crippen molar-refractivity contribution in [2.45, 2.75) is 19.4 Å². The Morgan fingerprint density at radius 3 is 2.91 bits per heavy atom. The third kappa shape index (κ3) is 5.96. The predicted octanol–water partition coefficient (Wildman–Crippen LogP) is 4.43. The van der Waals surface area contributed by atoms with E-state index in [0.29, 0.717) is 48.8 Å². The van der Waals surface area contributed by atoms with Crippen LogP contribution < -0.4 is 19.7 Å². The monoisotopic (exact) mass is 605 g/mol. The van der Waals surface area contributed by atoms with E-state index in [1.54, 1.807) is 12.3 Å². The molecule has 1 atom stereocenters. The molecule has 5 aromatic rings. The molecule has 1 fully saturated rings. The fourth-order valence-corrected chi connectivity index (χ4v) is 5.77. The van der Waals surface area contributed by atoms with Gasteiger partial charge in [0, 0.05) is 68.7 Å². The molecule has 7 rings (SSSR count). The third-order valence-corrected chi connectivity index (χ3v) is 8.04. The highest BCUT2D eigenvalue weighted by molar-refractivity contribution is 5.90. The average Bonchev–Trinajstić information content (AvgIpc) is 3.29. The van der Waals surface area contributed by atoms with E-state index in [1.807, 2.05) is 90.1 Å². The van der Waals surface area contributed by atoms with Gasteiger partial charge in [-0.2, -0.15) is 0 Å². The van der Waals surface area contributed by atoms with Crippen molar-refractivity contribution >= 4 is 39.9 Å². The molecule has 12 heteroatoms. The van der Waals surface area contributed by atoms with Crippen molar-refractivity contribution in [1.82, 2.24) is 34.1 Å².